The molecule has 0 amide bonds. The van der Waals surface area contributed by atoms with Gasteiger partial charge in [-0.25, -0.2) is 9.87 Å². The summed E-state index contributed by atoms with van der Waals surface area (Å²) in [7, 11) is 1.40. The number of aryl methyl sites for hydroxylation is 1. The summed E-state index contributed by atoms with van der Waals surface area (Å²) in [6, 6.07) is 1.48. The lowest BCUT2D eigenvalue weighted by Crippen LogP contribution is -2.10. The predicted octanol–water partition coefficient (Wildman–Crippen LogP) is 2.27. The molecular weight excluding hydrogens is 209 g/mol. The minimum absolute atomic E-state index is 0.0452. The van der Waals surface area contributed by atoms with Crippen LogP contribution in [0.3, 0.4) is 0 Å². The van der Waals surface area contributed by atoms with Gasteiger partial charge in [0.2, 0.25) is 0 Å². The minimum atomic E-state index is -0.423. The zero-order valence-corrected chi connectivity index (χ0v) is 8.65. The first-order chi connectivity index (χ1) is 6.61. The summed E-state index contributed by atoms with van der Waals surface area (Å²) in [4.78, 5) is 0. The molecule has 0 aromatic heterocycles. The van der Waals surface area contributed by atoms with Crippen LogP contribution >= 0.6 is 11.6 Å². The molecule has 0 atom stereocenters. The number of benzene rings is 1. The van der Waals surface area contributed by atoms with Gasteiger partial charge in [-0.05, 0) is 18.6 Å². The quantitative estimate of drug-likeness (QED) is 0.767. The largest absolute Gasteiger partial charge is 0.495 e. The van der Waals surface area contributed by atoms with E-state index in [4.69, 9.17) is 21.5 Å². The zero-order valence-electron chi connectivity index (χ0n) is 7.90. The first kappa shape index (κ1) is 11.2. The van der Waals surface area contributed by atoms with E-state index in [9.17, 15) is 4.39 Å². The molecule has 0 fully saturated rings. The lowest BCUT2D eigenvalue weighted by Gasteiger charge is -2.12. The second-order valence-corrected chi connectivity index (χ2v) is 3.24. The van der Waals surface area contributed by atoms with Gasteiger partial charge in [-0.3, -0.25) is 0 Å². The zero-order chi connectivity index (χ0) is 10.7. The number of methoxy groups -OCH3 is 1. The number of hydrogen-bond acceptors (Lipinski definition) is 3. The lowest BCUT2D eigenvalue weighted by atomic mass is 10.1. The Morgan fingerprint density at radius 3 is 2.79 bits per heavy atom. The topological polar surface area (TPSA) is 41.5 Å². The summed E-state index contributed by atoms with van der Waals surface area (Å²) < 4.78 is 18.5. The van der Waals surface area contributed by atoms with E-state index in [1.54, 1.807) is 6.92 Å². The number of nitrogens with one attached hydrogen (secondary N) is 1. The first-order valence-corrected chi connectivity index (χ1v) is 4.38. The third kappa shape index (κ3) is 1.97. The van der Waals surface area contributed by atoms with Crippen molar-refractivity contribution in [2.75, 3.05) is 7.11 Å². The number of ether oxygens (including phenoxy) is 1. The van der Waals surface area contributed by atoms with Gasteiger partial charge in [0, 0.05) is 5.56 Å². The number of rotatable bonds is 3. The molecule has 0 aliphatic rings. The molecule has 0 unspecified atom stereocenters. The molecule has 3 nitrogen and oxygen atoms in total. The monoisotopic (exact) mass is 219 g/mol. The molecule has 1 rings (SSSR count). The lowest BCUT2D eigenvalue weighted by molar-refractivity contribution is 0.158. The van der Waals surface area contributed by atoms with Crippen LogP contribution in [0.5, 0.6) is 5.75 Å². The molecule has 0 saturated heterocycles. The second-order valence-electron chi connectivity index (χ2n) is 2.84. The molecule has 0 heterocycles. The third-order valence-electron chi connectivity index (χ3n) is 1.91. The van der Waals surface area contributed by atoms with Crippen LogP contribution in [0.1, 0.15) is 11.1 Å². The van der Waals surface area contributed by atoms with Crippen LogP contribution in [0.4, 0.5) is 4.39 Å². The highest BCUT2D eigenvalue weighted by atomic mass is 35.5. The summed E-state index contributed by atoms with van der Waals surface area (Å²) >= 11 is 5.84. The normalized spacial score (nSPS) is 10.4. The van der Waals surface area contributed by atoms with Crippen LogP contribution in [-0.4, -0.2) is 12.3 Å². The van der Waals surface area contributed by atoms with Crippen molar-refractivity contribution in [3.63, 3.8) is 0 Å². The van der Waals surface area contributed by atoms with Gasteiger partial charge < -0.3 is 9.94 Å². The Hall–Kier alpha value is -0.840. The first-order valence-electron chi connectivity index (χ1n) is 4.00. The molecule has 0 bridgehead atoms. The Morgan fingerprint density at radius 2 is 2.29 bits per heavy atom. The Bertz CT molecular complexity index is 344. The fourth-order valence-corrected chi connectivity index (χ4v) is 1.61. The average Bonchev–Trinajstić information content (AvgIpc) is 2.14. The number of hydroxylamine groups is 1. The van der Waals surface area contributed by atoms with Crippen molar-refractivity contribution in [1.82, 2.24) is 5.48 Å². The van der Waals surface area contributed by atoms with Gasteiger partial charge in [0.05, 0.1) is 18.7 Å². The van der Waals surface area contributed by atoms with E-state index in [2.05, 4.69) is 0 Å². The molecular formula is C9H11ClFNO2. The standard InChI is InChI=1S/C9H11ClFNO2/c1-5-3-7(10)9(14-2)6(4-12-13)8(5)11/h3,12-13H,4H2,1-2H3. The molecule has 0 aliphatic carbocycles. The molecule has 5 heteroatoms. The molecule has 0 radical (unpaired) electrons. The van der Waals surface area contributed by atoms with Crippen molar-refractivity contribution in [2.24, 2.45) is 0 Å². The van der Waals surface area contributed by atoms with Crippen molar-refractivity contribution in [1.29, 1.82) is 0 Å². The average molecular weight is 220 g/mol. The van der Waals surface area contributed by atoms with Crippen molar-refractivity contribution >= 4 is 11.6 Å². The van der Waals surface area contributed by atoms with Gasteiger partial charge in [0.25, 0.3) is 0 Å². The Labute approximate surface area is 86.4 Å². The van der Waals surface area contributed by atoms with E-state index < -0.39 is 5.82 Å². The second kappa shape index (κ2) is 4.59. The summed E-state index contributed by atoms with van der Waals surface area (Å²) in [6.45, 7) is 1.55. The van der Waals surface area contributed by atoms with Gasteiger partial charge in [0.1, 0.15) is 11.6 Å². The fourth-order valence-electron chi connectivity index (χ4n) is 1.26. The number of hydrogen-bond donors (Lipinski definition) is 2. The van der Waals surface area contributed by atoms with Crippen LogP contribution in [0, 0.1) is 12.7 Å². The highest BCUT2D eigenvalue weighted by molar-refractivity contribution is 6.32. The predicted molar refractivity (Wildman–Crippen MR) is 51.3 cm³/mol. The van der Waals surface area contributed by atoms with E-state index in [0.717, 1.165) is 0 Å². The van der Waals surface area contributed by atoms with Crippen LogP contribution in [0.25, 0.3) is 0 Å². The van der Waals surface area contributed by atoms with Crippen molar-refractivity contribution in [3.8, 4) is 5.75 Å². The number of halogens is 2. The van der Waals surface area contributed by atoms with E-state index in [-0.39, 0.29) is 17.9 Å². The van der Waals surface area contributed by atoms with Gasteiger partial charge in [-0.1, -0.05) is 11.6 Å². The summed E-state index contributed by atoms with van der Waals surface area (Å²) in [6.07, 6.45) is 0. The van der Waals surface area contributed by atoms with E-state index in [1.807, 2.05) is 5.48 Å². The van der Waals surface area contributed by atoms with Crippen LogP contribution in [0.2, 0.25) is 5.02 Å². The fraction of sp³-hybridized carbons (Fsp3) is 0.333. The van der Waals surface area contributed by atoms with Crippen LogP contribution < -0.4 is 10.2 Å². The summed E-state index contributed by atoms with van der Waals surface area (Å²) in [5, 5.41) is 8.86. The third-order valence-corrected chi connectivity index (χ3v) is 2.19. The molecule has 78 valence electrons. The maximum absolute atomic E-state index is 13.5. The van der Waals surface area contributed by atoms with Crippen molar-refractivity contribution < 1.29 is 14.3 Å². The SMILES string of the molecule is COc1c(Cl)cc(C)c(F)c1CNO. The van der Waals surface area contributed by atoms with E-state index >= 15 is 0 Å². The van der Waals surface area contributed by atoms with Gasteiger partial charge >= 0.3 is 0 Å². The van der Waals surface area contributed by atoms with Crippen LogP contribution in [0.15, 0.2) is 6.07 Å². The Morgan fingerprint density at radius 1 is 1.64 bits per heavy atom. The summed E-state index contributed by atoms with van der Waals surface area (Å²) in [5.74, 6) is -0.177. The molecule has 1 aromatic rings. The highest BCUT2D eigenvalue weighted by Gasteiger charge is 2.15. The molecule has 0 spiro atoms. The van der Waals surface area contributed by atoms with Gasteiger partial charge in [-0.2, -0.15) is 0 Å². The molecule has 14 heavy (non-hydrogen) atoms. The highest BCUT2D eigenvalue weighted by Crippen LogP contribution is 2.32. The Kier molecular flexibility index (Phi) is 3.69. The summed E-state index contributed by atoms with van der Waals surface area (Å²) in [5.41, 5.74) is 2.52. The van der Waals surface area contributed by atoms with Gasteiger partial charge in [-0.15, -0.1) is 0 Å². The van der Waals surface area contributed by atoms with Crippen LogP contribution in [-0.2, 0) is 6.54 Å². The minimum Gasteiger partial charge on any atom is -0.495 e. The van der Waals surface area contributed by atoms with E-state index in [0.29, 0.717) is 10.6 Å². The maximum atomic E-state index is 13.5. The van der Waals surface area contributed by atoms with E-state index in [1.165, 1.54) is 13.2 Å². The van der Waals surface area contributed by atoms with Crippen molar-refractivity contribution in [2.45, 2.75) is 13.5 Å². The van der Waals surface area contributed by atoms with Crippen molar-refractivity contribution in [3.05, 3.63) is 28.0 Å². The smallest absolute Gasteiger partial charge is 0.144 e. The molecule has 2 N–H and O–H groups in total. The van der Waals surface area contributed by atoms with Gasteiger partial charge in [0.15, 0.2) is 0 Å². The maximum Gasteiger partial charge on any atom is 0.144 e. The molecule has 0 saturated carbocycles. The molecule has 1 aromatic carbocycles. The molecule has 0 aliphatic heterocycles. The Balaban J connectivity index is 3.32.